The molecule has 4 rings (SSSR count). The Bertz CT molecular complexity index is 1250. The molecule has 0 saturated carbocycles. The van der Waals surface area contributed by atoms with Gasteiger partial charge in [-0.2, -0.15) is 0 Å². The van der Waals surface area contributed by atoms with Gasteiger partial charge in [0.25, 0.3) is 0 Å². The molecule has 0 radical (unpaired) electrons. The van der Waals surface area contributed by atoms with Gasteiger partial charge in [-0.05, 0) is 55.3 Å². The number of aromatic amines is 1. The van der Waals surface area contributed by atoms with Gasteiger partial charge in [0.1, 0.15) is 0 Å². The first kappa shape index (κ1) is 21.9. The highest BCUT2D eigenvalue weighted by Crippen LogP contribution is 2.41. The number of anilines is 1. The molecule has 0 fully saturated rings. The Morgan fingerprint density at radius 2 is 1.77 bits per heavy atom. The second-order valence-corrected chi connectivity index (χ2v) is 9.25. The molecule has 0 aliphatic carbocycles. The number of unbranched alkanes of at least 4 members (excludes halogenated alkanes) is 1. The van der Waals surface area contributed by atoms with E-state index in [1.54, 1.807) is 0 Å². The van der Waals surface area contributed by atoms with Crippen molar-refractivity contribution in [2.45, 2.75) is 26.7 Å². The molecule has 0 aliphatic heterocycles. The number of fused-ring (bicyclic) bond motifs is 3. The summed E-state index contributed by atoms with van der Waals surface area (Å²) < 4.78 is 7.47. The molecule has 4 nitrogen and oxygen atoms in total. The minimum absolute atomic E-state index is 0.310. The van der Waals surface area contributed by atoms with Crippen LogP contribution in [-0.2, 0) is 4.74 Å². The van der Waals surface area contributed by atoms with Crippen molar-refractivity contribution in [3.05, 3.63) is 63.0 Å². The number of aromatic nitrogens is 1. The van der Waals surface area contributed by atoms with E-state index >= 15 is 0 Å². The van der Waals surface area contributed by atoms with Crippen LogP contribution in [0.2, 0.25) is 0 Å². The minimum atomic E-state index is -0.310. The average Bonchev–Trinajstić information content (AvgIpc) is 3.12. The summed E-state index contributed by atoms with van der Waals surface area (Å²) in [6.45, 7) is 5.11. The first-order valence-corrected chi connectivity index (χ1v) is 12.1. The van der Waals surface area contributed by atoms with Crippen LogP contribution in [0.3, 0.4) is 0 Å². The number of hydrogen-bond acceptors (Lipinski definition) is 3. The maximum absolute atomic E-state index is 13.1. The van der Waals surface area contributed by atoms with Crippen molar-refractivity contribution in [3.8, 4) is 11.1 Å². The number of hydrogen-bond donors (Lipinski definition) is 2. The molecule has 31 heavy (non-hydrogen) atoms. The van der Waals surface area contributed by atoms with Crippen molar-refractivity contribution in [3.63, 3.8) is 0 Å². The second-order valence-electron chi connectivity index (χ2n) is 7.42. The lowest BCUT2D eigenvalue weighted by Crippen LogP contribution is -2.11. The van der Waals surface area contributed by atoms with Crippen LogP contribution in [0, 0.1) is 0 Å². The van der Waals surface area contributed by atoms with Crippen LogP contribution in [0.1, 0.15) is 37.0 Å². The number of rotatable bonds is 7. The van der Waals surface area contributed by atoms with Gasteiger partial charge in [-0.1, -0.05) is 57.3 Å². The number of ether oxygens (including phenoxy) is 1. The molecule has 0 amide bonds. The van der Waals surface area contributed by atoms with Crippen LogP contribution < -0.4 is 5.32 Å². The largest absolute Gasteiger partial charge is 0.462 e. The van der Waals surface area contributed by atoms with E-state index in [0.717, 1.165) is 67.0 Å². The van der Waals surface area contributed by atoms with Gasteiger partial charge in [-0.3, -0.25) is 0 Å². The first-order valence-electron chi connectivity index (χ1n) is 10.5. The quantitative estimate of drug-likeness (QED) is 0.184. The summed E-state index contributed by atoms with van der Waals surface area (Å²) in [6.07, 6.45) is 2.09. The highest BCUT2D eigenvalue weighted by molar-refractivity contribution is 9.10. The minimum Gasteiger partial charge on any atom is -0.462 e. The Balaban J connectivity index is 2.08. The van der Waals surface area contributed by atoms with Gasteiger partial charge in [0.15, 0.2) is 0 Å². The number of carbonyl (C=O) groups is 1. The molecule has 0 saturated heterocycles. The Morgan fingerprint density at radius 1 is 1.03 bits per heavy atom. The molecule has 6 heteroatoms. The molecule has 0 unspecified atom stereocenters. The third kappa shape index (κ3) is 4.37. The zero-order valence-electron chi connectivity index (χ0n) is 17.5. The molecular weight excluding hydrogens is 520 g/mol. The summed E-state index contributed by atoms with van der Waals surface area (Å²) >= 11 is 7.11. The lowest BCUT2D eigenvalue weighted by atomic mass is 9.96. The Morgan fingerprint density at radius 3 is 2.48 bits per heavy atom. The van der Waals surface area contributed by atoms with Crippen LogP contribution in [0.5, 0.6) is 0 Å². The Kier molecular flexibility index (Phi) is 6.68. The molecule has 1 aromatic heterocycles. The van der Waals surface area contributed by atoms with Crippen LogP contribution >= 0.6 is 31.9 Å². The van der Waals surface area contributed by atoms with Crippen molar-refractivity contribution in [1.82, 2.24) is 4.98 Å². The van der Waals surface area contributed by atoms with Gasteiger partial charge >= 0.3 is 5.97 Å². The fraction of sp³-hybridized carbons (Fsp3) is 0.240. The van der Waals surface area contributed by atoms with Crippen molar-refractivity contribution in [2.75, 3.05) is 18.5 Å². The predicted molar refractivity (Wildman–Crippen MR) is 136 cm³/mol. The molecule has 0 bridgehead atoms. The van der Waals surface area contributed by atoms with E-state index < -0.39 is 0 Å². The molecule has 0 atom stereocenters. The zero-order chi connectivity index (χ0) is 22.0. The summed E-state index contributed by atoms with van der Waals surface area (Å²) in [6, 6.07) is 16.4. The number of nitrogens with one attached hydrogen (secondary N) is 2. The summed E-state index contributed by atoms with van der Waals surface area (Å²) in [7, 11) is 0. The van der Waals surface area contributed by atoms with E-state index in [1.165, 1.54) is 0 Å². The van der Waals surface area contributed by atoms with Crippen LogP contribution in [0.4, 0.5) is 5.69 Å². The summed E-state index contributed by atoms with van der Waals surface area (Å²) in [5.74, 6) is -0.310. The molecule has 0 aliphatic rings. The van der Waals surface area contributed by atoms with E-state index in [1.807, 2.05) is 31.2 Å². The van der Waals surface area contributed by atoms with Gasteiger partial charge in [0, 0.05) is 37.3 Å². The molecule has 2 N–H and O–H groups in total. The second kappa shape index (κ2) is 9.45. The fourth-order valence-corrected chi connectivity index (χ4v) is 4.49. The van der Waals surface area contributed by atoms with Crippen LogP contribution in [0.15, 0.2) is 57.5 Å². The van der Waals surface area contributed by atoms with E-state index in [0.29, 0.717) is 12.2 Å². The van der Waals surface area contributed by atoms with Crippen molar-refractivity contribution in [2.24, 2.45) is 0 Å². The summed E-state index contributed by atoms with van der Waals surface area (Å²) in [5.41, 5.74) is 5.42. The van der Waals surface area contributed by atoms with Gasteiger partial charge in [-0.25, -0.2) is 4.79 Å². The number of carbonyl (C=O) groups excluding carboxylic acids is 1. The van der Waals surface area contributed by atoms with Crippen LogP contribution in [-0.4, -0.2) is 24.1 Å². The van der Waals surface area contributed by atoms with Crippen molar-refractivity contribution < 1.29 is 9.53 Å². The third-order valence-electron chi connectivity index (χ3n) is 5.32. The topological polar surface area (TPSA) is 54.1 Å². The van der Waals surface area contributed by atoms with Gasteiger partial charge < -0.3 is 15.0 Å². The highest BCUT2D eigenvalue weighted by atomic mass is 79.9. The van der Waals surface area contributed by atoms with E-state index in [2.05, 4.69) is 73.3 Å². The maximum atomic E-state index is 13.1. The highest BCUT2D eigenvalue weighted by Gasteiger charge is 2.23. The smallest absolute Gasteiger partial charge is 0.340 e. The standard InChI is InChI=1S/C25H24Br2N2O2/c1-3-5-12-28-21-14-18(15-6-8-16(26)9-7-15)24-22(23(21)25(30)31-4-2)19-13-17(27)10-11-20(19)29-24/h6-11,13-14,28-29H,3-5,12H2,1-2H3. The van der Waals surface area contributed by atoms with Crippen molar-refractivity contribution >= 4 is 65.3 Å². The molecule has 1 heterocycles. The third-order valence-corrected chi connectivity index (χ3v) is 6.34. The summed E-state index contributed by atoms with van der Waals surface area (Å²) in [4.78, 5) is 16.7. The Hall–Kier alpha value is -2.31. The van der Waals surface area contributed by atoms with Crippen LogP contribution in [0.25, 0.3) is 32.9 Å². The monoisotopic (exact) mass is 542 g/mol. The fourth-order valence-electron chi connectivity index (χ4n) is 3.86. The molecule has 160 valence electrons. The van der Waals surface area contributed by atoms with Gasteiger partial charge in [0.2, 0.25) is 0 Å². The normalized spacial score (nSPS) is 11.2. The lowest BCUT2D eigenvalue weighted by Gasteiger charge is -2.16. The lowest BCUT2D eigenvalue weighted by molar-refractivity contribution is 0.0530. The number of benzene rings is 3. The van der Waals surface area contributed by atoms with Gasteiger partial charge in [0.05, 0.1) is 23.4 Å². The van der Waals surface area contributed by atoms with Gasteiger partial charge in [-0.15, -0.1) is 0 Å². The van der Waals surface area contributed by atoms with E-state index in [4.69, 9.17) is 4.74 Å². The average molecular weight is 544 g/mol. The summed E-state index contributed by atoms with van der Waals surface area (Å²) in [5, 5.41) is 5.37. The SMILES string of the molecule is CCCCNc1cc(-c2ccc(Br)cc2)c2[nH]c3ccc(Br)cc3c2c1C(=O)OCC. The molecule has 0 spiro atoms. The number of H-pyrrole nitrogens is 1. The predicted octanol–water partition coefficient (Wildman–Crippen LogP) is 7.90. The zero-order valence-corrected chi connectivity index (χ0v) is 20.7. The molecule has 3 aromatic carbocycles. The van der Waals surface area contributed by atoms with Crippen molar-refractivity contribution in [1.29, 1.82) is 0 Å². The Labute approximate surface area is 198 Å². The van der Waals surface area contributed by atoms with E-state index in [9.17, 15) is 4.79 Å². The number of halogens is 2. The first-order chi connectivity index (χ1) is 15.0. The number of esters is 1. The maximum Gasteiger partial charge on any atom is 0.340 e. The van der Waals surface area contributed by atoms with E-state index in [-0.39, 0.29) is 5.97 Å². The molecular formula is C25H24Br2N2O2. The molecule has 4 aromatic rings.